The van der Waals surface area contributed by atoms with Gasteiger partial charge in [0.15, 0.2) is 11.6 Å². The van der Waals surface area contributed by atoms with Gasteiger partial charge in [0.1, 0.15) is 0 Å². The number of carbonyl (C=O) groups excluding carboxylic acids is 1. The highest BCUT2D eigenvalue weighted by Gasteiger charge is 2.20. The van der Waals surface area contributed by atoms with Crippen molar-refractivity contribution in [1.82, 2.24) is 14.9 Å². The normalized spacial score (nSPS) is 16.0. The van der Waals surface area contributed by atoms with E-state index in [0.717, 1.165) is 12.1 Å². The Kier molecular flexibility index (Phi) is 5.24. The predicted octanol–water partition coefficient (Wildman–Crippen LogP) is 2.29. The van der Waals surface area contributed by atoms with Crippen LogP contribution in [0.4, 0.5) is 5.82 Å². The summed E-state index contributed by atoms with van der Waals surface area (Å²) in [5, 5.41) is 9.34. The van der Waals surface area contributed by atoms with Crippen molar-refractivity contribution in [3.8, 4) is 0 Å². The number of carbonyl (C=O) groups is 1. The van der Waals surface area contributed by atoms with Crippen molar-refractivity contribution in [3.05, 3.63) is 29.7 Å². The minimum atomic E-state index is -3.71. The molecule has 1 amide bonds. The number of furan rings is 1. The van der Waals surface area contributed by atoms with Crippen molar-refractivity contribution >= 4 is 21.7 Å². The van der Waals surface area contributed by atoms with Gasteiger partial charge in [-0.25, -0.2) is 13.1 Å². The fraction of sp³-hybridized carbons (Fsp3) is 0.500. The summed E-state index contributed by atoms with van der Waals surface area (Å²) in [6.45, 7) is 0. The molecule has 1 fully saturated rings. The van der Waals surface area contributed by atoms with Crippen LogP contribution in [0, 0.1) is 5.92 Å². The summed E-state index contributed by atoms with van der Waals surface area (Å²) in [6.07, 6.45) is 7.26. The van der Waals surface area contributed by atoms with Crippen LogP contribution in [0.15, 0.2) is 27.7 Å². The molecule has 0 bridgehead atoms. The Morgan fingerprint density at radius 1 is 1.32 bits per heavy atom. The summed E-state index contributed by atoms with van der Waals surface area (Å²) < 4.78 is 30.5. The minimum Gasteiger partial charge on any atom is -0.438 e. The van der Waals surface area contributed by atoms with E-state index in [2.05, 4.69) is 20.2 Å². The third-order valence-corrected chi connectivity index (χ3v) is 5.73. The molecule has 3 rings (SSSR count). The number of nitrogens with one attached hydrogen (secondary N) is 3. The summed E-state index contributed by atoms with van der Waals surface area (Å²) >= 11 is 0. The highest BCUT2D eigenvalue weighted by Crippen LogP contribution is 2.26. The topological polar surface area (TPSA) is 117 Å². The first kappa shape index (κ1) is 17.7. The Balaban J connectivity index is 1.61. The van der Waals surface area contributed by atoms with Crippen molar-refractivity contribution in [2.24, 2.45) is 5.92 Å². The summed E-state index contributed by atoms with van der Waals surface area (Å²) in [4.78, 5) is 12.2. The highest BCUT2D eigenvalue weighted by atomic mass is 32.2. The second-order valence-corrected chi connectivity index (χ2v) is 8.08. The lowest BCUT2D eigenvalue weighted by Gasteiger charge is -2.20. The molecule has 2 aromatic heterocycles. The van der Waals surface area contributed by atoms with Crippen LogP contribution in [0.25, 0.3) is 0 Å². The molecule has 3 N–H and O–H groups in total. The molecule has 0 radical (unpaired) electrons. The molecule has 8 nitrogen and oxygen atoms in total. The van der Waals surface area contributed by atoms with Crippen LogP contribution in [0.3, 0.4) is 0 Å². The number of aromatic nitrogens is 2. The first-order valence-electron chi connectivity index (χ1n) is 8.37. The van der Waals surface area contributed by atoms with E-state index in [1.807, 2.05) is 0 Å². The predicted molar refractivity (Wildman–Crippen MR) is 91.8 cm³/mol. The Morgan fingerprint density at radius 3 is 2.80 bits per heavy atom. The van der Waals surface area contributed by atoms with Gasteiger partial charge in [-0.05, 0) is 31.5 Å². The van der Waals surface area contributed by atoms with E-state index in [4.69, 9.17) is 4.42 Å². The Bertz CT molecular complexity index is 834. The van der Waals surface area contributed by atoms with Gasteiger partial charge < -0.3 is 9.73 Å². The average molecular weight is 366 g/mol. The summed E-state index contributed by atoms with van der Waals surface area (Å²) in [7, 11) is -2.44. The molecule has 0 aromatic carbocycles. The second-order valence-electron chi connectivity index (χ2n) is 6.27. The van der Waals surface area contributed by atoms with Crippen LogP contribution in [-0.4, -0.2) is 31.6 Å². The monoisotopic (exact) mass is 366 g/mol. The first-order valence-corrected chi connectivity index (χ1v) is 9.85. The van der Waals surface area contributed by atoms with Gasteiger partial charge >= 0.3 is 0 Å². The number of rotatable bonds is 6. The SMILES string of the molecule is CNS(=O)(=O)c1ccc(C(=O)Nc2cc(CC3CCCCC3)[nH]n2)o1. The summed E-state index contributed by atoms with van der Waals surface area (Å²) in [5.74, 6) is 0.418. The zero-order chi connectivity index (χ0) is 17.9. The zero-order valence-corrected chi connectivity index (χ0v) is 14.9. The number of sulfonamides is 1. The molecule has 1 saturated carbocycles. The van der Waals surface area contributed by atoms with Gasteiger partial charge in [0.25, 0.3) is 15.9 Å². The van der Waals surface area contributed by atoms with Gasteiger partial charge in [-0.2, -0.15) is 5.10 Å². The maximum Gasteiger partial charge on any atom is 0.292 e. The van der Waals surface area contributed by atoms with Crippen molar-refractivity contribution in [2.45, 2.75) is 43.6 Å². The lowest BCUT2D eigenvalue weighted by atomic mass is 9.86. The number of nitrogens with zero attached hydrogens (tertiary/aromatic N) is 1. The third-order valence-electron chi connectivity index (χ3n) is 4.44. The molecule has 0 unspecified atom stereocenters. The second kappa shape index (κ2) is 7.40. The number of anilines is 1. The number of hydrogen-bond acceptors (Lipinski definition) is 5. The number of H-pyrrole nitrogens is 1. The maximum atomic E-state index is 12.2. The zero-order valence-electron chi connectivity index (χ0n) is 14.0. The number of aromatic amines is 1. The first-order chi connectivity index (χ1) is 12.0. The smallest absolute Gasteiger partial charge is 0.292 e. The van der Waals surface area contributed by atoms with E-state index in [9.17, 15) is 13.2 Å². The summed E-state index contributed by atoms with van der Waals surface area (Å²) in [6, 6.07) is 4.36. The quantitative estimate of drug-likeness (QED) is 0.725. The Labute approximate surface area is 146 Å². The van der Waals surface area contributed by atoms with E-state index in [0.29, 0.717) is 11.7 Å². The molecule has 25 heavy (non-hydrogen) atoms. The molecule has 136 valence electrons. The standard InChI is InChI=1S/C16H22N4O4S/c1-17-25(22,23)15-8-7-13(24-15)16(21)18-14-10-12(19-20-14)9-11-5-3-2-4-6-11/h7-8,10-11,17H,2-6,9H2,1H3,(H2,18,19,20,21). The third kappa shape index (κ3) is 4.29. The van der Waals surface area contributed by atoms with Crippen LogP contribution >= 0.6 is 0 Å². The molecule has 1 aliphatic rings. The van der Waals surface area contributed by atoms with Crippen LogP contribution in [0.2, 0.25) is 0 Å². The van der Waals surface area contributed by atoms with Crippen molar-refractivity contribution in [1.29, 1.82) is 0 Å². The lowest BCUT2D eigenvalue weighted by Crippen LogP contribution is -2.18. The fourth-order valence-electron chi connectivity index (χ4n) is 3.10. The van der Waals surface area contributed by atoms with Crippen LogP contribution in [0.5, 0.6) is 0 Å². The Hall–Kier alpha value is -2.13. The van der Waals surface area contributed by atoms with Crippen molar-refractivity contribution in [3.63, 3.8) is 0 Å². The van der Waals surface area contributed by atoms with E-state index < -0.39 is 15.9 Å². The average Bonchev–Trinajstić information content (AvgIpc) is 3.26. The van der Waals surface area contributed by atoms with Gasteiger partial charge in [-0.3, -0.25) is 9.89 Å². The van der Waals surface area contributed by atoms with Gasteiger partial charge in [0.2, 0.25) is 5.09 Å². The number of amides is 1. The largest absolute Gasteiger partial charge is 0.438 e. The van der Waals surface area contributed by atoms with Gasteiger partial charge in [-0.1, -0.05) is 32.1 Å². The molecule has 0 saturated heterocycles. The molecule has 9 heteroatoms. The molecule has 0 spiro atoms. The molecule has 0 atom stereocenters. The minimum absolute atomic E-state index is 0.0920. The van der Waals surface area contributed by atoms with Crippen molar-refractivity contribution in [2.75, 3.05) is 12.4 Å². The maximum absolute atomic E-state index is 12.2. The molecule has 1 aliphatic carbocycles. The van der Waals surface area contributed by atoms with E-state index in [-0.39, 0.29) is 10.9 Å². The Morgan fingerprint density at radius 2 is 2.08 bits per heavy atom. The lowest BCUT2D eigenvalue weighted by molar-refractivity contribution is 0.0991. The van der Waals surface area contributed by atoms with E-state index in [1.54, 1.807) is 6.07 Å². The van der Waals surface area contributed by atoms with Crippen LogP contribution in [0.1, 0.15) is 48.4 Å². The van der Waals surface area contributed by atoms with Crippen molar-refractivity contribution < 1.29 is 17.6 Å². The molecular formula is C16H22N4O4S. The molecule has 2 aromatic rings. The van der Waals surface area contributed by atoms with Gasteiger partial charge in [-0.15, -0.1) is 0 Å². The van der Waals surface area contributed by atoms with Gasteiger partial charge in [0.05, 0.1) is 0 Å². The highest BCUT2D eigenvalue weighted by molar-refractivity contribution is 7.89. The van der Waals surface area contributed by atoms with Crippen LogP contribution < -0.4 is 10.0 Å². The van der Waals surface area contributed by atoms with E-state index in [1.165, 1.54) is 51.3 Å². The molecule has 2 heterocycles. The van der Waals surface area contributed by atoms with Gasteiger partial charge in [0, 0.05) is 11.8 Å². The molecular weight excluding hydrogens is 344 g/mol. The van der Waals surface area contributed by atoms with E-state index >= 15 is 0 Å². The molecule has 0 aliphatic heterocycles. The van der Waals surface area contributed by atoms with Crippen LogP contribution in [-0.2, 0) is 16.4 Å². The summed E-state index contributed by atoms with van der Waals surface area (Å²) in [5.41, 5.74) is 0.986. The fourth-order valence-corrected chi connectivity index (χ4v) is 3.75. The number of hydrogen-bond donors (Lipinski definition) is 3.